The van der Waals surface area contributed by atoms with Gasteiger partial charge in [0.25, 0.3) is 0 Å². The molecule has 0 heterocycles. The van der Waals surface area contributed by atoms with Crippen molar-refractivity contribution in [1.82, 2.24) is 5.32 Å². The van der Waals surface area contributed by atoms with Crippen molar-refractivity contribution in [3.05, 3.63) is 33.8 Å². The molecule has 1 rings (SSSR count). The van der Waals surface area contributed by atoms with Crippen molar-refractivity contribution in [2.75, 3.05) is 6.61 Å². The summed E-state index contributed by atoms with van der Waals surface area (Å²) in [6.45, 7) is 6.39. The third-order valence-electron chi connectivity index (χ3n) is 3.16. The summed E-state index contributed by atoms with van der Waals surface area (Å²) in [5, 5.41) is 14.1. The van der Waals surface area contributed by atoms with E-state index in [9.17, 15) is 5.11 Å². The van der Waals surface area contributed by atoms with E-state index in [0.717, 1.165) is 12.0 Å². The molecule has 0 fully saturated rings. The van der Waals surface area contributed by atoms with Gasteiger partial charge in [0.15, 0.2) is 0 Å². The molecule has 2 unspecified atom stereocenters. The number of aliphatic hydroxyl groups excluding tert-OH is 1. The van der Waals surface area contributed by atoms with Crippen LogP contribution in [0.15, 0.2) is 18.2 Å². The first-order valence-electron chi connectivity index (χ1n) is 6.31. The Morgan fingerprint density at radius 1 is 1.28 bits per heavy atom. The van der Waals surface area contributed by atoms with Crippen LogP contribution in [0.3, 0.4) is 0 Å². The van der Waals surface area contributed by atoms with Gasteiger partial charge < -0.3 is 10.4 Å². The van der Waals surface area contributed by atoms with Gasteiger partial charge in [0, 0.05) is 22.1 Å². The van der Waals surface area contributed by atoms with E-state index in [-0.39, 0.29) is 18.7 Å². The Balaban J connectivity index is 2.88. The Morgan fingerprint density at radius 2 is 1.94 bits per heavy atom. The number of nitrogens with one attached hydrogen (secondary N) is 1. The molecule has 0 aliphatic rings. The first-order valence-corrected chi connectivity index (χ1v) is 7.07. The minimum atomic E-state index is 0.0710. The monoisotopic (exact) mass is 289 g/mol. The second-order valence-electron chi connectivity index (χ2n) is 4.83. The fourth-order valence-corrected chi connectivity index (χ4v) is 2.47. The normalized spacial score (nSPS) is 14.8. The van der Waals surface area contributed by atoms with Crippen LogP contribution in [-0.4, -0.2) is 17.8 Å². The zero-order valence-electron chi connectivity index (χ0n) is 11.1. The Kier molecular flexibility index (Phi) is 6.44. The molecule has 2 N–H and O–H groups in total. The minimum absolute atomic E-state index is 0.0710. The van der Waals surface area contributed by atoms with Crippen LogP contribution in [0.25, 0.3) is 0 Å². The van der Waals surface area contributed by atoms with Crippen LogP contribution in [0.5, 0.6) is 0 Å². The highest BCUT2D eigenvalue weighted by Crippen LogP contribution is 2.28. The lowest BCUT2D eigenvalue weighted by molar-refractivity contribution is 0.198. The van der Waals surface area contributed by atoms with Gasteiger partial charge in [-0.15, -0.1) is 0 Å². The SMILES string of the molecule is CCC(NC(CO)C(C)C)c1ccc(Cl)cc1Cl. The second kappa shape index (κ2) is 7.34. The zero-order valence-corrected chi connectivity index (χ0v) is 12.6. The molecular weight excluding hydrogens is 269 g/mol. The summed E-state index contributed by atoms with van der Waals surface area (Å²) >= 11 is 12.1. The quantitative estimate of drug-likeness (QED) is 0.828. The molecule has 102 valence electrons. The molecule has 0 amide bonds. The van der Waals surface area contributed by atoms with Gasteiger partial charge in [0.05, 0.1) is 6.61 Å². The highest BCUT2D eigenvalue weighted by molar-refractivity contribution is 6.35. The Morgan fingerprint density at radius 3 is 2.39 bits per heavy atom. The van der Waals surface area contributed by atoms with Crippen LogP contribution in [0, 0.1) is 5.92 Å². The lowest BCUT2D eigenvalue weighted by Gasteiger charge is -2.27. The topological polar surface area (TPSA) is 32.3 Å². The summed E-state index contributed by atoms with van der Waals surface area (Å²) in [5.74, 6) is 0.370. The van der Waals surface area contributed by atoms with Crippen LogP contribution < -0.4 is 5.32 Å². The minimum Gasteiger partial charge on any atom is -0.395 e. The average Bonchev–Trinajstić information content (AvgIpc) is 2.31. The third-order valence-corrected chi connectivity index (χ3v) is 3.73. The molecule has 0 radical (unpaired) electrons. The van der Waals surface area contributed by atoms with Crippen molar-refractivity contribution < 1.29 is 5.11 Å². The number of halogens is 2. The Hall–Kier alpha value is -0.280. The van der Waals surface area contributed by atoms with E-state index < -0.39 is 0 Å². The standard InChI is InChI=1S/C14H21Cl2NO/c1-4-13(17-14(8-18)9(2)3)11-6-5-10(15)7-12(11)16/h5-7,9,13-14,17-18H,4,8H2,1-3H3. The molecule has 2 nitrogen and oxygen atoms in total. The van der Waals surface area contributed by atoms with Crippen LogP contribution >= 0.6 is 23.2 Å². The van der Waals surface area contributed by atoms with Gasteiger partial charge >= 0.3 is 0 Å². The molecule has 18 heavy (non-hydrogen) atoms. The Labute approximate surface area is 119 Å². The molecule has 1 aromatic rings. The molecule has 0 aliphatic heterocycles. The first-order chi connectivity index (χ1) is 8.49. The van der Waals surface area contributed by atoms with Crippen LogP contribution in [0.2, 0.25) is 10.0 Å². The molecule has 4 heteroatoms. The summed E-state index contributed by atoms with van der Waals surface area (Å²) in [4.78, 5) is 0. The summed E-state index contributed by atoms with van der Waals surface area (Å²) in [7, 11) is 0. The molecule has 0 bridgehead atoms. The van der Waals surface area contributed by atoms with E-state index >= 15 is 0 Å². The van der Waals surface area contributed by atoms with E-state index in [1.54, 1.807) is 6.07 Å². The van der Waals surface area contributed by atoms with E-state index in [4.69, 9.17) is 23.2 Å². The summed E-state index contributed by atoms with van der Waals surface area (Å²) < 4.78 is 0. The lowest BCUT2D eigenvalue weighted by atomic mass is 9.99. The maximum Gasteiger partial charge on any atom is 0.0587 e. The van der Waals surface area contributed by atoms with Crippen molar-refractivity contribution in [2.45, 2.75) is 39.3 Å². The van der Waals surface area contributed by atoms with Gasteiger partial charge in [-0.3, -0.25) is 0 Å². The predicted molar refractivity (Wildman–Crippen MR) is 78.3 cm³/mol. The van der Waals surface area contributed by atoms with Crippen molar-refractivity contribution in [1.29, 1.82) is 0 Å². The lowest BCUT2D eigenvalue weighted by Crippen LogP contribution is -2.39. The highest BCUT2D eigenvalue weighted by atomic mass is 35.5. The highest BCUT2D eigenvalue weighted by Gasteiger charge is 2.19. The molecule has 0 saturated carbocycles. The number of hydrogen-bond acceptors (Lipinski definition) is 2. The van der Waals surface area contributed by atoms with E-state index in [0.29, 0.717) is 16.0 Å². The maximum absolute atomic E-state index is 9.38. The van der Waals surface area contributed by atoms with Gasteiger partial charge in [0.2, 0.25) is 0 Å². The van der Waals surface area contributed by atoms with Crippen molar-refractivity contribution in [3.63, 3.8) is 0 Å². The Bertz CT molecular complexity index is 382. The zero-order chi connectivity index (χ0) is 13.7. The van der Waals surface area contributed by atoms with E-state index in [1.165, 1.54) is 0 Å². The largest absolute Gasteiger partial charge is 0.395 e. The van der Waals surface area contributed by atoms with Crippen molar-refractivity contribution in [2.24, 2.45) is 5.92 Å². The van der Waals surface area contributed by atoms with Gasteiger partial charge in [0.1, 0.15) is 0 Å². The van der Waals surface area contributed by atoms with Crippen LogP contribution in [0.1, 0.15) is 38.8 Å². The molecule has 0 aromatic heterocycles. The van der Waals surface area contributed by atoms with Crippen LogP contribution in [-0.2, 0) is 0 Å². The maximum atomic E-state index is 9.38. The average molecular weight is 290 g/mol. The second-order valence-corrected chi connectivity index (χ2v) is 5.67. The fourth-order valence-electron chi connectivity index (χ4n) is 1.93. The third kappa shape index (κ3) is 4.13. The summed E-state index contributed by atoms with van der Waals surface area (Å²) in [5.41, 5.74) is 1.03. The summed E-state index contributed by atoms with van der Waals surface area (Å²) in [6, 6.07) is 5.75. The molecule has 0 saturated heterocycles. The molecular formula is C14H21Cl2NO. The van der Waals surface area contributed by atoms with Crippen molar-refractivity contribution >= 4 is 23.2 Å². The summed E-state index contributed by atoms with van der Waals surface area (Å²) in [6.07, 6.45) is 0.907. The van der Waals surface area contributed by atoms with Gasteiger partial charge in [-0.05, 0) is 30.0 Å². The van der Waals surface area contributed by atoms with Gasteiger partial charge in [-0.2, -0.15) is 0 Å². The fraction of sp³-hybridized carbons (Fsp3) is 0.571. The number of aliphatic hydroxyl groups is 1. The number of hydrogen-bond donors (Lipinski definition) is 2. The van der Waals surface area contributed by atoms with Gasteiger partial charge in [-0.25, -0.2) is 0 Å². The molecule has 0 aliphatic carbocycles. The first kappa shape index (κ1) is 15.8. The number of benzene rings is 1. The molecule has 1 aromatic carbocycles. The van der Waals surface area contributed by atoms with E-state index in [2.05, 4.69) is 26.1 Å². The smallest absolute Gasteiger partial charge is 0.0587 e. The number of rotatable bonds is 6. The van der Waals surface area contributed by atoms with E-state index in [1.807, 2.05) is 12.1 Å². The molecule has 2 atom stereocenters. The van der Waals surface area contributed by atoms with Crippen LogP contribution in [0.4, 0.5) is 0 Å². The molecule has 0 spiro atoms. The predicted octanol–water partition coefficient (Wildman–Crippen LogP) is 4.05. The van der Waals surface area contributed by atoms with Crippen molar-refractivity contribution in [3.8, 4) is 0 Å². The van der Waals surface area contributed by atoms with Gasteiger partial charge in [-0.1, -0.05) is 50.0 Å².